The molecule has 1 saturated heterocycles. The number of sulfonamides is 1. The van der Waals surface area contributed by atoms with E-state index in [1.807, 2.05) is 0 Å². The number of hydrogen-bond donors (Lipinski definition) is 1. The molecule has 26 heavy (non-hydrogen) atoms. The lowest BCUT2D eigenvalue weighted by Gasteiger charge is -2.34. The fraction of sp³-hybridized carbons (Fsp3) is 0.412. The Labute approximate surface area is 153 Å². The Morgan fingerprint density at radius 2 is 1.88 bits per heavy atom. The van der Waals surface area contributed by atoms with Crippen molar-refractivity contribution in [3.05, 3.63) is 29.8 Å². The summed E-state index contributed by atoms with van der Waals surface area (Å²) in [6.45, 7) is 3.34. The number of benzene rings is 1. The number of carbonyl (C=O) groups excluding carboxylic acids is 2. The van der Waals surface area contributed by atoms with Crippen LogP contribution in [0.25, 0.3) is 0 Å². The number of nitrogens with zero attached hydrogens (tertiary/aromatic N) is 2. The van der Waals surface area contributed by atoms with Crippen LogP contribution < -0.4 is 4.72 Å². The van der Waals surface area contributed by atoms with Gasteiger partial charge >= 0.3 is 6.09 Å². The third-order valence-corrected chi connectivity index (χ3v) is 5.25. The van der Waals surface area contributed by atoms with E-state index >= 15 is 0 Å². The minimum absolute atomic E-state index is 0.0243. The van der Waals surface area contributed by atoms with Gasteiger partial charge in [0, 0.05) is 31.7 Å². The van der Waals surface area contributed by atoms with E-state index in [0.29, 0.717) is 32.8 Å². The lowest BCUT2D eigenvalue weighted by Crippen LogP contribution is -2.50. The molecule has 2 rings (SSSR count). The van der Waals surface area contributed by atoms with E-state index in [0.717, 1.165) is 0 Å². The monoisotopic (exact) mass is 379 g/mol. The smallest absolute Gasteiger partial charge is 0.409 e. The molecule has 0 saturated carbocycles. The van der Waals surface area contributed by atoms with Gasteiger partial charge in [0.2, 0.25) is 10.0 Å². The second-order valence-corrected chi connectivity index (χ2v) is 7.30. The summed E-state index contributed by atoms with van der Waals surface area (Å²) in [7, 11) is -3.77. The Hall–Kier alpha value is -2.57. The molecule has 0 spiro atoms. The molecule has 9 heteroatoms. The van der Waals surface area contributed by atoms with E-state index in [1.165, 1.54) is 23.1 Å². The van der Waals surface area contributed by atoms with E-state index in [9.17, 15) is 18.0 Å². The average Bonchev–Trinajstić information content (AvgIpc) is 2.66. The molecule has 8 nitrogen and oxygen atoms in total. The summed E-state index contributed by atoms with van der Waals surface area (Å²) in [4.78, 5) is 27.4. The van der Waals surface area contributed by atoms with Crippen molar-refractivity contribution in [2.75, 3.05) is 39.3 Å². The van der Waals surface area contributed by atoms with Crippen molar-refractivity contribution in [1.82, 2.24) is 14.5 Å². The van der Waals surface area contributed by atoms with Gasteiger partial charge < -0.3 is 14.5 Å². The van der Waals surface area contributed by atoms with Crippen LogP contribution in [-0.4, -0.2) is 69.5 Å². The van der Waals surface area contributed by atoms with Gasteiger partial charge in [0.15, 0.2) is 0 Å². The maximum Gasteiger partial charge on any atom is 0.409 e. The van der Waals surface area contributed by atoms with Crippen molar-refractivity contribution in [2.45, 2.75) is 11.8 Å². The van der Waals surface area contributed by atoms with Gasteiger partial charge in [-0.1, -0.05) is 12.0 Å². The molecule has 2 amide bonds. The Morgan fingerprint density at radius 1 is 1.23 bits per heavy atom. The van der Waals surface area contributed by atoms with E-state index in [2.05, 4.69) is 10.6 Å². The standard InChI is InChI=1S/C17H21N3O5S/c1-3-8-18-26(23,24)15-7-5-6-14(13-15)16(21)19-9-11-20(12-10-19)17(22)25-4-2/h1,5-7,13,18H,4,8-12H2,2H3. The molecule has 0 atom stereocenters. The largest absolute Gasteiger partial charge is 0.450 e. The van der Waals surface area contributed by atoms with Gasteiger partial charge in [-0.2, -0.15) is 4.72 Å². The Kier molecular flexibility index (Phi) is 6.60. The zero-order valence-corrected chi connectivity index (χ0v) is 15.3. The topological polar surface area (TPSA) is 96.0 Å². The van der Waals surface area contributed by atoms with Gasteiger partial charge in [-0.05, 0) is 25.1 Å². The van der Waals surface area contributed by atoms with Crippen molar-refractivity contribution in [2.24, 2.45) is 0 Å². The quantitative estimate of drug-likeness (QED) is 0.752. The first-order valence-corrected chi connectivity index (χ1v) is 9.61. The van der Waals surface area contributed by atoms with Crippen LogP contribution in [0.3, 0.4) is 0 Å². The molecule has 0 unspecified atom stereocenters. The van der Waals surface area contributed by atoms with Crippen LogP contribution in [0.2, 0.25) is 0 Å². The minimum atomic E-state index is -3.77. The summed E-state index contributed by atoms with van der Waals surface area (Å²) >= 11 is 0. The Balaban J connectivity index is 2.06. The molecular formula is C17H21N3O5S. The van der Waals surface area contributed by atoms with Crippen molar-refractivity contribution in [3.8, 4) is 12.3 Å². The van der Waals surface area contributed by atoms with E-state index in [-0.39, 0.29) is 22.9 Å². The molecule has 1 fully saturated rings. The highest BCUT2D eigenvalue weighted by Crippen LogP contribution is 2.15. The number of amides is 2. The second kappa shape index (κ2) is 8.69. The normalized spacial score (nSPS) is 14.6. The van der Waals surface area contributed by atoms with E-state index in [4.69, 9.17) is 11.2 Å². The number of terminal acetylenes is 1. The molecule has 0 bridgehead atoms. The molecular weight excluding hydrogens is 358 g/mol. The molecule has 140 valence electrons. The molecule has 0 aliphatic carbocycles. The number of nitrogens with one attached hydrogen (secondary N) is 1. The number of piperazine rings is 1. The second-order valence-electron chi connectivity index (χ2n) is 5.53. The molecule has 1 aliphatic heterocycles. The maximum atomic E-state index is 12.6. The van der Waals surface area contributed by atoms with Crippen molar-refractivity contribution in [1.29, 1.82) is 0 Å². The minimum Gasteiger partial charge on any atom is -0.450 e. The van der Waals surface area contributed by atoms with Gasteiger partial charge in [-0.3, -0.25) is 4.79 Å². The van der Waals surface area contributed by atoms with Crippen LogP contribution in [0.15, 0.2) is 29.2 Å². The van der Waals surface area contributed by atoms with Crippen LogP contribution in [0.4, 0.5) is 4.79 Å². The molecule has 1 aromatic rings. The van der Waals surface area contributed by atoms with E-state index in [1.54, 1.807) is 17.9 Å². The Morgan fingerprint density at radius 3 is 2.50 bits per heavy atom. The summed E-state index contributed by atoms with van der Waals surface area (Å²) in [6.07, 6.45) is 4.67. The van der Waals surface area contributed by atoms with E-state index < -0.39 is 16.1 Å². The average molecular weight is 379 g/mol. The number of ether oxygens (including phenoxy) is 1. The first kappa shape index (κ1) is 19.8. The summed E-state index contributed by atoms with van der Waals surface area (Å²) in [6, 6.07) is 5.78. The first-order valence-electron chi connectivity index (χ1n) is 8.13. The molecule has 1 N–H and O–H groups in total. The van der Waals surface area contributed by atoms with Gasteiger partial charge in [-0.25, -0.2) is 13.2 Å². The SMILES string of the molecule is C#CCNS(=O)(=O)c1cccc(C(=O)N2CCN(C(=O)OCC)CC2)c1. The summed E-state index contributed by atoms with van der Waals surface area (Å²) in [5.41, 5.74) is 0.262. The molecule has 0 aromatic heterocycles. The van der Waals surface area contributed by atoms with Crippen LogP contribution in [0.5, 0.6) is 0 Å². The molecule has 1 aromatic carbocycles. The molecule has 0 radical (unpaired) electrons. The lowest BCUT2D eigenvalue weighted by atomic mass is 10.2. The van der Waals surface area contributed by atoms with Crippen LogP contribution in [0, 0.1) is 12.3 Å². The number of rotatable bonds is 5. The molecule has 1 heterocycles. The first-order chi connectivity index (χ1) is 12.4. The van der Waals surface area contributed by atoms with Gasteiger partial charge in [0.05, 0.1) is 18.0 Å². The maximum absolute atomic E-state index is 12.6. The summed E-state index contributed by atoms with van der Waals surface area (Å²) in [5.74, 6) is 1.91. The fourth-order valence-corrected chi connectivity index (χ4v) is 3.49. The van der Waals surface area contributed by atoms with Crippen molar-refractivity contribution in [3.63, 3.8) is 0 Å². The van der Waals surface area contributed by atoms with Crippen molar-refractivity contribution < 1.29 is 22.7 Å². The highest BCUT2D eigenvalue weighted by molar-refractivity contribution is 7.89. The molecule has 1 aliphatic rings. The zero-order valence-electron chi connectivity index (χ0n) is 14.5. The van der Waals surface area contributed by atoms with Gasteiger partial charge in [0.1, 0.15) is 0 Å². The van der Waals surface area contributed by atoms with Crippen LogP contribution in [0.1, 0.15) is 17.3 Å². The van der Waals surface area contributed by atoms with Gasteiger partial charge in [0.25, 0.3) is 5.91 Å². The number of hydrogen-bond acceptors (Lipinski definition) is 5. The summed E-state index contributed by atoms with van der Waals surface area (Å²) in [5, 5.41) is 0. The highest BCUT2D eigenvalue weighted by Gasteiger charge is 2.26. The van der Waals surface area contributed by atoms with Crippen molar-refractivity contribution >= 4 is 22.0 Å². The zero-order chi connectivity index (χ0) is 19.2. The third-order valence-electron chi connectivity index (χ3n) is 3.85. The highest BCUT2D eigenvalue weighted by atomic mass is 32.2. The van der Waals surface area contributed by atoms with Crippen LogP contribution >= 0.6 is 0 Å². The third kappa shape index (κ3) is 4.74. The summed E-state index contributed by atoms with van der Waals surface area (Å²) < 4.78 is 31.5. The predicted molar refractivity (Wildman–Crippen MR) is 95.0 cm³/mol. The number of carbonyl (C=O) groups is 2. The van der Waals surface area contributed by atoms with Gasteiger partial charge in [-0.15, -0.1) is 6.42 Å². The Bertz CT molecular complexity index is 808. The predicted octanol–water partition coefficient (Wildman–Crippen LogP) is 0.512. The fourth-order valence-electron chi connectivity index (χ4n) is 2.51. The lowest BCUT2D eigenvalue weighted by molar-refractivity contribution is 0.0570. The van der Waals surface area contributed by atoms with Crippen LogP contribution in [-0.2, 0) is 14.8 Å².